The SMILES string of the molecule is OB(O)c1cnc(-n2cccc2)c(Cl)c1. The average Bonchev–Trinajstić information content (AvgIpc) is 2.70. The molecule has 0 aliphatic rings. The highest BCUT2D eigenvalue weighted by Gasteiger charge is 2.14. The van der Waals surface area contributed by atoms with E-state index in [2.05, 4.69) is 4.98 Å². The standard InChI is InChI=1S/C9H8BClN2O2/c11-8-5-7(10(14)15)6-12-9(8)13-3-1-2-4-13/h1-6,14-15H. The Kier molecular flexibility index (Phi) is 2.77. The molecular formula is C9H8BClN2O2. The fourth-order valence-electron chi connectivity index (χ4n) is 1.25. The summed E-state index contributed by atoms with van der Waals surface area (Å²) in [5, 5.41) is 18.2. The topological polar surface area (TPSA) is 58.3 Å². The van der Waals surface area contributed by atoms with Crippen molar-refractivity contribution >= 4 is 24.2 Å². The number of aromatic nitrogens is 2. The molecule has 0 fully saturated rings. The summed E-state index contributed by atoms with van der Waals surface area (Å²) >= 11 is 5.96. The predicted octanol–water partition coefficient (Wildman–Crippen LogP) is 0.205. The summed E-state index contributed by atoms with van der Waals surface area (Å²) in [4.78, 5) is 4.05. The van der Waals surface area contributed by atoms with Crippen molar-refractivity contribution in [3.8, 4) is 5.82 Å². The lowest BCUT2D eigenvalue weighted by molar-refractivity contribution is 0.425. The van der Waals surface area contributed by atoms with Gasteiger partial charge in [0.1, 0.15) is 0 Å². The van der Waals surface area contributed by atoms with E-state index >= 15 is 0 Å². The lowest BCUT2D eigenvalue weighted by atomic mass is 9.82. The van der Waals surface area contributed by atoms with Crippen LogP contribution < -0.4 is 5.46 Å². The fourth-order valence-corrected chi connectivity index (χ4v) is 1.52. The molecule has 4 nitrogen and oxygen atoms in total. The van der Waals surface area contributed by atoms with Gasteiger partial charge in [0.25, 0.3) is 0 Å². The van der Waals surface area contributed by atoms with E-state index < -0.39 is 7.12 Å². The second-order valence-electron chi connectivity index (χ2n) is 3.04. The molecule has 0 aliphatic carbocycles. The van der Waals surface area contributed by atoms with E-state index in [4.69, 9.17) is 21.6 Å². The van der Waals surface area contributed by atoms with Crippen LogP contribution in [-0.4, -0.2) is 26.7 Å². The molecule has 2 rings (SSSR count). The van der Waals surface area contributed by atoms with E-state index in [0.717, 1.165) is 0 Å². The maximum absolute atomic E-state index is 8.92. The molecular weight excluding hydrogens is 214 g/mol. The molecule has 2 N–H and O–H groups in total. The van der Waals surface area contributed by atoms with E-state index in [9.17, 15) is 0 Å². The van der Waals surface area contributed by atoms with Crippen molar-refractivity contribution in [1.29, 1.82) is 0 Å². The van der Waals surface area contributed by atoms with E-state index in [-0.39, 0.29) is 5.46 Å². The van der Waals surface area contributed by atoms with Crippen LogP contribution in [0.25, 0.3) is 5.82 Å². The van der Waals surface area contributed by atoms with Gasteiger partial charge in [-0.2, -0.15) is 0 Å². The molecule has 0 radical (unpaired) electrons. The molecule has 0 amide bonds. The fraction of sp³-hybridized carbons (Fsp3) is 0. The summed E-state index contributed by atoms with van der Waals surface area (Å²) in [7, 11) is -1.55. The lowest BCUT2D eigenvalue weighted by Gasteiger charge is -2.06. The Labute approximate surface area is 91.9 Å². The van der Waals surface area contributed by atoms with Gasteiger partial charge in [-0.05, 0) is 18.2 Å². The van der Waals surface area contributed by atoms with Crippen molar-refractivity contribution in [2.24, 2.45) is 0 Å². The number of pyridine rings is 1. The maximum atomic E-state index is 8.92. The van der Waals surface area contributed by atoms with Gasteiger partial charge in [0, 0.05) is 24.1 Å². The first-order chi connectivity index (χ1) is 7.18. The Balaban J connectivity index is 2.44. The van der Waals surface area contributed by atoms with Gasteiger partial charge >= 0.3 is 7.12 Å². The molecule has 0 aromatic carbocycles. The summed E-state index contributed by atoms with van der Waals surface area (Å²) in [6.07, 6.45) is 5.00. The third-order valence-corrected chi connectivity index (χ3v) is 2.27. The zero-order valence-electron chi connectivity index (χ0n) is 7.71. The maximum Gasteiger partial charge on any atom is 0.490 e. The second kappa shape index (κ2) is 4.06. The molecule has 2 aromatic heterocycles. The molecule has 2 heterocycles. The highest BCUT2D eigenvalue weighted by atomic mass is 35.5. The number of rotatable bonds is 2. The van der Waals surface area contributed by atoms with Gasteiger partial charge < -0.3 is 14.6 Å². The minimum Gasteiger partial charge on any atom is -0.423 e. The van der Waals surface area contributed by atoms with Gasteiger partial charge in [-0.3, -0.25) is 0 Å². The molecule has 0 bridgehead atoms. The molecule has 2 aromatic rings. The van der Waals surface area contributed by atoms with E-state index in [1.54, 1.807) is 4.57 Å². The van der Waals surface area contributed by atoms with Crippen LogP contribution in [0, 0.1) is 0 Å². The predicted molar refractivity (Wildman–Crippen MR) is 58.4 cm³/mol. The van der Waals surface area contributed by atoms with Crippen LogP contribution >= 0.6 is 11.6 Å². The molecule has 0 aliphatic heterocycles. The summed E-state index contributed by atoms with van der Waals surface area (Å²) in [6, 6.07) is 5.19. The Bertz CT molecular complexity index is 459. The van der Waals surface area contributed by atoms with Crippen LogP contribution in [0.3, 0.4) is 0 Å². The minimum absolute atomic E-state index is 0.274. The number of halogens is 1. The van der Waals surface area contributed by atoms with Crippen LogP contribution in [-0.2, 0) is 0 Å². The molecule has 0 saturated carbocycles. The Morgan fingerprint density at radius 1 is 1.27 bits per heavy atom. The quantitative estimate of drug-likeness (QED) is 0.714. The average molecular weight is 222 g/mol. The van der Waals surface area contributed by atoms with Crippen molar-refractivity contribution in [2.45, 2.75) is 0 Å². The smallest absolute Gasteiger partial charge is 0.423 e. The number of hydrogen-bond donors (Lipinski definition) is 2. The van der Waals surface area contributed by atoms with E-state index in [1.165, 1.54) is 12.3 Å². The third-order valence-electron chi connectivity index (χ3n) is 1.99. The van der Waals surface area contributed by atoms with E-state index in [1.807, 2.05) is 24.5 Å². The van der Waals surface area contributed by atoms with Crippen LogP contribution in [0.5, 0.6) is 0 Å². The van der Waals surface area contributed by atoms with Gasteiger partial charge in [-0.1, -0.05) is 11.6 Å². The molecule has 0 saturated heterocycles. The number of hydrogen-bond acceptors (Lipinski definition) is 3. The van der Waals surface area contributed by atoms with Crippen LogP contribution in [0.2, 0.25) is 5.02 Å². The Morgan fingerprint density at radius 3 is 2.47 bits per heavy atom. The van der Waals surface area contributed by atoms with Gasteiger partial charge in [0.2, 0.25) is 0 Å². The van der Waals surface area contributed by atoms with Crippen LogP contribution in [0.4, 0.5) is 0 Å². The largest absolute Gasteiger partial charge is 0.490 e. The lowest BCUT2D eigenvalue weighted by Crippen LogP contribution is -2.30. The van der Waals surface area contributed by atoms with E-state index in [0.29, 0.717) is 10.8 Å². The van der Waals surface area contributed by atoms with Crippen molar-refractivity contribution in [2.75, 3.05) is 0 Å². The van der Waals surface area contributed by atoms with Crippen molar-refractivity contribution in [3.05, 3.63) is 41.8 Å². The zero-order chi connectivity index (χ0) is 10.8. The van der Waals surface area contributed by atoms with Crippen molar-refractivity contribution in [1.82, 2.24) is 9.55 Å². The first kappa shape index (κ1) is 10.2. The van der Waals surface area contributed by atoms with Crippen LogP contribution in [0.1, 0.15) is 0 Å². The monoisotopic (exact) mass is 222 g/mol. The normalized spacial score (nSPS) is 10.3. The van der Waals surface area contributed by atoms with Gasteiger partial charge in [0.15, 0.2) is 5.82 Å². The summed E-state index contributed by atoms with van der Waals surface area (Å²) in [6.45, 7) is 0. The highest BCUT2D eigenvalue weighted by molar-refractivity contribution is 6.58. The Morgan fingerprint density at radius 2 is 1.93 bits per heavy atom. The van der Waals surface area contributed by atoms with Crippen molar-refractivity contribution < 1.29 is 10.0 Å². The number of nitrogens with zero attached hydrogens (tertiary/aromatic N) is 2. The zero-order valence-corrected chi connectivity index (χ0v) is 8.46. The summed E-state index contributed by atoms with van der Waals surface area (Å²) < 4.78 is 1.75. The summed E-state index contributed by atoms with van der Waals surface area (Å²) in [5.41, 5.74) is 0.274. The highest BCUT2D eigenvalue weighted by Crippen LogP contribution is 2.15. The molecule has 0 atom stereocenters. The molecule has 0 unspecified atom stereocenters. The van der Waals surface area contributed by atoms with Gasteiger partial charge in [-0.25, -0.2) is 4.98 Å². The third kappa shape index (κ3) is 2.04. The second-order valence-corrected chi connectivity index (χ2v) is 3.45. The molecule has 0 spiro atoms. The first-order valence-corrected chi connectivity index (χ1v) is 4.71. The summed E-state index contributed by atoms with van der Waals surface area (Å²) in [5.74, 6) is 0.561. The minimum atomic E-state index is -1.55. The first-order valence-electron chi connectivity index (χ1n) is 4.33. The molecule has 6 heteroatoms. The molecule has 76 valence electrons. The van der Waals surface area contributed by atoms with Crippen LogP contribution in [0.15, 0.2) is 36.8 Å². The molecule has 15 heavy (non-hydrogen) atoms. The van der Waals surface area contributed by atoms with Gasteiger partial charge in [0.05, 0.1) is 5.02 Å². The van der Waals surface area contributed by atoms with Gasteiger partial charge in [-0.15, -0.1) is 0 Å². The Hall–Kier alpha value is -1.30. The van der Waals surface area contributed by atoms with Crippen molar-refractivity contribution in [3.63, 3.8) is 0 Å².